The molecule has 4 heteroatoms. The molecule has 1 aromatic carbocycles. The maximum Gasteiger partial charge on any atom is 0.226 e. The van der Waals surface area contributed by atoms with Crippen LogP contribution < -0.4 is 10.6 Å². The lowest BCUT2D eigenvalue weighted by molar-refractivity contribution is -0.117. The molecule has 4 nitrogen and oxygen atoms in total. The Bertz CT molecular complexity index is 446. The number of amides is 1. The largest absolute Gasteiger partial charge is 0.378 e. The zero-order chi connectivity index (χ0) is 16.4. The number of benzene rings is 1. The normalized spacial score (nSPS) is 12.4. The predicted molar refractivity (Wildman–Crippen MR) is 91.9 cm³/mol. The second-order valence-corrected chi connectivity index (χ2v) is 6.09. The van der Waals surface area contributed by atoms with Crippen LogP contribution in [0, 0.1) is 5.92 Å². The SMILES string of the molecule is CCNCc1cccc(NC(=O)CCOC(C)CC(C)C)c1. The Labute approximate surface area is 134 Å². The Morgan fingerprint density at radius 3 is 2.73 bits per heavy atom. The summed E-state index contributed by atoms with van der Waals surface area (Å²) in [6.07, 6.45) is 1.62. The monoisotopic (exact) mass is 306 g/mol. The fourth-order valence-electron chi connectivity index (χ4n) is 2.34. The Kier molecular flexibility index (Phi) is 8.78. The zero-order valence-electron chi connectivity index (χ0n) is 14.3. The van der Waals surface area contributed by atoms with Crippen molar-refractivity contribution in [1.29, 1.82) is 0 Å². The first-order valence-electron chi connectivity index (χ1n) is 8.22. The molecular formula is C18H30N2O2. The lowest BCUT2D eigenvalue weighted by Crippen LogP contribution is -2.18. The summed E-state index contributed by atoms with van der Waals surface area (Å²) in [4.78, 5) is 11.9. The standard InChI is InChI=1S/C18H30N2O2/c1-5-19-13-16-7-6-8-17(12-16)20-18(21)9-10-22-15(4)11-14(2)3/h6-8,12,14-15,19H,5,9-11,13H2,1-4H3,(H,20,21). The number of hydrogen-bond donors (Lipinski definition) is 2. The van der Waals surface area contributed by atoms with Gasteiger partial charge in [-0.05, 0) is 43.5 Å². The summed E-state index contributed by atoms with van der Waals surface area (Å²) in [6.45, 7) is 10.7. The average molecular weight is 306 g/mol. The summed E-state index contributed by atoms with van der Waals surface area (Å²) in [5, 5.41) is 6.20. The van der Waals surface area contributed by atoms with Crippen LogP contribution in [0.25, 0.3) is 0 Å². The summed E-state index contributed by atoms with van der Waals surface area (Å²) < 4.78 is 5.67. The molecule has 1 atom stereocenters. The van der Waals surface area contributed by atoms with Crippen LogP contribution in [0.5, 0.6) is 0 Å². The summed E-state index contributed by atoms with van der Waals surface area (Å²) in [5.74, 6) is 0.612. The van der Waals surface area contributed by atoms with Gasteiger partial charge < -0.3 is 15.4 Å². The molecule has 1 amide bonds. The number of nitrogens with one attached hydrogen (secondary N) is 2. The molecule has 0 aromatic heterocycles. The van der Waals surface area contributed by atoms with E-state index in [1.54, 1.807) is 0 Å². The topological polar surface area (TPSA) is 50.4 Å². The van der Waals surface area contributed by atoms with E-state index in [0.717, 1.165) is 25.2 Å². The van der Waals surface area contributed by atoms with E-state index in [1.165, 1.54) is 5.56 Å². The zero-order valence-corrected chi connectivity index (χ0v) is 14.3. The molecule has 0 bridgehead atoms. The molecule has 0 saturated heterocycles. The van der Waals surface area contributed by atoms with Gasteiger partial charge in [0.2, 0.25) is 5.91 Å². The number of carbonyl (C=O) groups is 1. The lowest BCUT2D eigenvalue weighted by Gasteiger charge is -2.15. The predicted octanol–water partition coefficient (Wildman–Crippen LogP) is 3.58. The van der Waals surface area contributed by atoms with Crippen molar-refractivity contribution in [2.45, 2.75) is 53.2 Å². The van der Waals surface area contributed by atoms with E-state index in [1.807, 2.05) is 18.2 Å². The van der Waals surface area contributed by atoms with Gasteiger partial charge in [-0.25, -0.2) is 0 Å². The van der Waals surface area contributed by atoms with Gasteiger partial charge in [-0.2, -0.15) is 0 Å². The third-order valence-electron chi connectivity index (χ3n) is 3.32. The Balaban J connectivity index is 2.32. The van der Waals surface area contributed by atoms with E-state index in [-0.39, 0.29) is 12.0 Å². The van der Waals surface area contributed by atoms with E-state index in [0.29, 0.717) is 18.9 Å². The molecule has 1 aromatic rings. The van der Waals surface area contributed by atoms with Crippen molar-refractivity contribution in [2.24, 2.45) is 5.92 Å². The second kappa shape index (κ2) is 10.4. The highest BCUT2D eigenvalue weighted by Gasteiger charge is 2.07. The molecule has 1 rings (SSSR count). The highest BCUT2D eigenvalue weighted by molar-refractivity contribution is 5.90. The Morgan fingerprint density at radius 2 is 2.05 bits per heavy atom. The fraction of sp³-hybridized carbons (Fsp3) is 0.611. The van der Waals surface area contributed by atoms with E-state index in [9.17, 15) is 4.79 Å². The number of anilines is 1. The van der Waals surface area contributed by atoms with Crippen LogP contribution >= 0.6 is 0 Å². The molecular weight excluding hydrogens is 276 g/mol. The Morgan fingerprint density at radius 1 is 1.27 bits per heavy atom. The molecule has 22 heavy (non-hydrogen) atoms. The van der Waals surface area contributed by atoms with Gasteiger partial charge in [0.05, 0.1) is 19.1 Å². The van der Waals surface area contributed by atoms with Gasteiger partial charge in [-0.15, -0.1) is 0 Å². The first-order valence-corrected chi connectivity index (χ1v) is 8.22. The minimum atomic E-state index is -0.00246. The molecule has 0 fully saturated rings. The van der Waals surface area contributed by atoms with Gasteiger partial charge in [0.25, 0.3) is 0 Å². The van der Waals surface area contributed by atoms with Crippen LogP contribution in [0.15, 0.2) is 24.3 Å². The van der Waals surface area contributed by atoms with E-state index >= 15 is 0 Å². The molecule has 0 saturated carbocycles. The van der Waals surface area contributed by atoms with Crippen molar-refractivity contribution in [3.05, 3.63) is 29.8 Å². The van der Waals surface area contributed by atoms with Crippen LogP contribution in [0.3, 0.4) is 0 Å². The summed E-state index contributed by atoms with van der Waals surface area (Å²) in [6, 6.07) is 7.93. The molecule has 2 N–H and O–H groups in total. The van der Waals surface area contributed by atoms with Gasteiger partial charge in [0, 0.05) is 12.2 Å². The van der Waals surface area contributed by atoms with Crippen LogP contribution in [0.2, 0.25) is 0 Å². The third-order valence-corrected chi connectivity index (χ3v) is 3.32. The van der Waals surface area contributed by atoms with Crippen molar-refractivity contribution in [3.8, 4) is 0 Å². The second-order valence-electron chi connectivity index (χ2n) is 6.09. The quantitative estimate of drug-likeness (QED) is 0.695. The molecule has 1 unspecified atom stereocenters. The molecule has 0 aliphatic rings. The van der Waals surface area contributed by atoms with Crippen molar-refractivity contribution in [3.63, 3.8) is 0 Å². The Hall–Kier alpha value is -1.39. The number of carbonyl (C=O) groups excluding carboxylic acids is 1. The minimum Gasteiger partial charge on any atom is -0.378 e. The summed E-state index contributed by atoms with van der Waals surface area (Å²) in [7, 11) is 0. The third kappa shape index (κ3) is 8.15. The van der Waals surface area contributed by atoms with Crippen LogP contribution in [0.4, 0.5) is 5.69 Å². The molecule has 0 aliphatic heterocycles. The number of hydrogen-bond acceptors (Lipinski definition) is 3. The fourth-order valence-corrected chi connectivity index (χ4v) is 2.34. The van der Waals surface area contributed by atoms with Crippen molar-refractivity contribution >= 4 is 11.6 Å². The molecule has 0 heterocycles. The summed E-state index contributed by atoms with van der Waals surface area (Å²) in [5.41, 5.74) is 2.01. The van der Waals surface area contributed by atoms with E-state index < -0.39 is 0 Å². The smallest absolute Gasteiger partial charge is 0.226 e. The highest BCUT2D eigenvalue weighted by Crippen LogP contribution is 2.11. The maximum atomic E-state index is 11.9. The van der Waals surface area contributed by atoms with Crippen LogP contribution in [-0.4, -0.2) is 25.2 Å². The van der Waals surface area contributed by atoms with Gasteiger partial charge >= 0.3 is 0 Å². The first kappa shape index (κ1) is 18.7. The lowest BCUT2D eigenvalue weighted by atomic mass is 10.1. The first-order chi connectivity index (χ1) is 10.5. The maximum absolute atomic E-state index is 11.9. The number of ether oxygens (including phenoxy) is 1. The minimum absolute atomic E-state index is 0.00246. The van der Waals surface area contributed by atoms with Crippen LogP contribution in [0.1, 0.15) is 46.1 Å². The van der Waals surface area contributed by atoms with Crippen molar-refractivity contribution < 1.29 is 9.53 Å². The van der Waals surface area contributed by atoms with Gasteiger partial charge in [0.15, 0.2) is 0 Å². The van der Waals surface area contributed by atoms with Gasteiger partial charge in [-0.1, -0.05) is 32.9 Å². The van der Waals surface area contributed by atoms with Gasteiger partial charge in [-0.3, -0.25) is 4.79 Å². The van der Waals surface area contributed by atoms with Crippen LogP contribution in [-0.2, 0) is 16.1 Å². The summed E-state index contributed by atoms with van der Waals surface area (Å²) >= 11 is 0. The molecule has 0 aliphatic carbocycles. The van der Waals surface area contributed by atoms with E-state index in [2.05, 4.69) is 44.4 Å². The highest BCUT2D eigenvalue weighted by atomic mass is 16.5. The molecule has 0 radical (unpaired) electrons. The molecule has 124 valence electrons. The molecule has 0 spiro atoms. The van der Waals surface area contributed by atoms with E-state index in [4.69, 9.17) is 4.74 Å². The number of rotatable bonds is 10. The van der Waals surface area contributed by atoms with Gasteiger partial charge in [0.1, 0.15) is 0 Å². The van der Waals surface area contributed by atoms with Crippen molar-refractivity contribution in [2.75, 3.05) is 18.5 Å². The average Bonchev–Trinajstić information content (AvgIpc) is 2.44. The van der Waals surface area contributed by atoms with Crippen molar-refractivity contribution in [1.82, 2.24) is 5.32 Å².